The smallest absolute Gasteiger partial charge is 0.314 e. The molecule has 1 fully saturated rings. The Balaban J connectivity index is 2.91. The maximum absolute atomic E-state index is 11.4. The summed E-state index contributed by atoms with van der Waals surface area (Å²) in [7, 11) is 0. The number of aliphatic hydroxyl groups excluding tert-OH is 1. The van der Waals surface area contributed by atoms with Crippen molar-refractivity contribution in [1.82, 2.24) is 0 Å². The maximum Gasteiger partial charge on any atom is 0.314 e. The molecule has 0 aromatic heterocycles. The second-order valence-corrected chi connectivity index (χ2v) is 4.13. The first kappa shape index (κ1) is 10.3. The van der Waals surface area contributed by atoms with Gasteiger partial charge in [-0.2, -0.15) is 0 Å². The number of carbonyl (C=O) groups is 1. The van der Waals surface area contributed by atoms with E-state index in [4.69, 9.17) is 4.74 Å². The summed E-state index contributed by atoms with van der Waals surface area (Å²) in [6, 6.07) is 0. The van der Waals surface area contributed by atoms with Crippen molar-refractivity contribution in [2.24, 2.45) is 11.3 Å². The van der Waals surface area contributed by atoms with Crippen molar-refractivity contribution in [2.45, 2.75) is 33.0 Å². The Bertz CT molecular complexity index is 232. The molecule has 13 heavy (non-hydrogen) atoms. The fourth-order valence-electron chi connectivity index (χ4n) is 1.60. The van der Waals surface area contributed by atoms with Crippen LogP contribution in [0.4, 0.5) is 0 Å². The first-order chi connectivity index (χ1) is 5.91. The molecule has 74 valence electrons. The summed E-state index contributed by atoms with van der Waals surface area (Å²) in [4.78, 5) is 11.4. The Labute approximate surface area is 78.4 Å². The van der Waals surface area contributed by atoms with Gasteiger partial charge in [0, 0.05) is 5.92 Å². The third-order valence-electron chi connectivity index (χ3n) is 2.76. The molecule has 3 nitrogen and oxygen atoms in total. The van der Waals surface area contributed by atoms with Crippen LogP contribution in [-0.4, -0.2) is 23.3 Å². The number of ether oxygens (including phenoxy) is 1. The predicted octanol–water partition coefficient (Wildman–Crippen LogP) is 1.12. The van der Waals surface area contributed by atoms with Crippen LogP contribution in [0.15, 0.2) is 12.7 Å². The van der Waals surface area contributed by atoms with Crippen molar-refractivity contribution >= 4 is 5.97 Å². The molecule has 3 heteroatoms. The van der Waals surface area contributed by atoms with E-state index in [1.54, 1.807) is 19.9 Å². The van der Waals surface area contributed by atoms with E-state index in [1.807, 2.05) is 6.92 Å². The molecule has 0 aromatic carbocycles. The molecule has 0 bridgehead atoms. The van der Waals surface area contributed by atoms with Gasteiger partial charge in [0.1, 0.15) is 6.10 Å². The van der Waals surface area contributed by atoms with Crippen LogP contribution >= 0.6 is 0 Å². The number of hydrogen-bond acceptors (Lipinski definition) is 3. The van der Waals surface area contributed by atoms with Crippen molar-refractivity contribution in [3.63, 3.8) is 0 Å². The molecule has 3 atom stereocenters. The molecule has 1 N–H and O–H groups in total. The number of hydrogen-bond donors (Lipinski definition) is 1. The minimum Gasteiger partial charge on any atom is -0.457 e. The summed E-state index contributed by atoms with van der Waals surface area (Å²) in [6.07, 6.45) is 0.522. The lowest BCUT2D eigenvalue weighted by atomic mass is 9.76. The van der Waals surface area contributed by atoms with Crippen molar-refractivity contribution in [1.29, 1.82) is 0 Å². The van der Waals surface area contributed by atoms with Crippen molar-refractivity contribution in [2.75, 3.05) is 0 Å². The highest BCUT2D eigenvalue weighted by Gasteiger charge is 2.47. The van der Waals surface area contributed by atoms with Crippen LogP contribution in [0.3, 0.4) is 0 Å². The quantitative estimate of drug-likeness (QED) is 0.490. The molecule has 0 aromatic rings. The van der Waals surface area contributed by atoms with E-state index >= 15 is 0 Å². The molecule has 0 saturated carbocycles. The minimum absolute atomic E-state index is 0.0924. The van der Waals surface area contributed by atoms with E-state index in [9.17, 15) is 9.90 Å². The highest BCUT2D eigenvalue weighted by molar-refractivity contribution is 5.78. The van der Waals surface area contributed by atoms with Gasteiger partial charge in [-0.05, 0) is 13.8 Å². The van der Waals surface area contributed by atoms with Crippen molar-refractivity contribution in [3.8, 4) is 0 Å². The monoisotopic (exact) mass is 184 g/mol. The van der Waals surface area contributed by atoms with Crippen LogP contribution in [0.1, 0.15) is 20.8 Å². The van der Waals surface area contributed by atoms with Crippen LogP contribution in [-0.2, 0) is 9.53 Å². The summed E-state index contributed by atoms with van der Waals surface area (Å²) < 4.78 is 5.12. The van der Waals surface area contributed by atoms with E-state index in [0.29, 0.717) is 0 Å². The van der Waals surface area contributed by atoms with E-state index in [-0.39, 0.29) is 18.0 Å². The lowest BCUT2D eigenvalue weighted by Gasteiger charge is -2.41. The van der Waals surface area contributed by atoms with Gasteiger partial charge in [0.15, 0.2) is 0 Å². The fourth-order valence-corrected chi connectivity index (χ4v) is 1.60. The van der Waals surface area contributed by atoms with Gasteiger partial charge < -0.3 is 9.84 Å². The third kappa shape index (κ3) is 1.48. The summed E-state index contributed by atoms with van der Waals surface area (Å²) in [5, 5.41) is 9.83. The molecule has 1 heterocycles. The normalized spacial score (nSPS) is 38.2. The molecule has 0 unspecified atom stereocenters. The van der Waals surface area contributed by atoms with Gasteiger partial charge in [-0.3, -0.25) is 4.79 Å². The number of cyclic esters (lactones) is 1. The summed E-state index contributed by atoms with van der Waals surface area (Å²) >= 11 is 0. The molecular formula is C10H16O3. The zero-order valence-electron chi connectivity index (χ0n) is 8.28. The lowest BCUT2D eigenvalue weighted by Crippen LogP contribution is -2.52. The second-order valence-electron chi connectivity index (χ2n) is 4.13. The standard InChI is InChI=1S/C10H16O3/c1-5-7-6(2)8(11)10(3,4)9(12)13-7/h5-8,11H,1H2,2-4H3/t6-,7-,8-/m0/s1. The summed E-state index contributed by atoms with van der Waals surface area (Å²) in [5.74, 6) is -0.451. The van der Waals surface area contributed by atoms with Gasteiger partial charge >= 0.3 is 5.97 Å². The van der Waals surface area contributed by atoms with Gasteiger partial charge in [0.05, 0.1) is 11.5 Å². The maximum atomic E-state index is 11.4. The Hall–Kier alpha value is -0.830. The van der Waals surface area contributed by atoms with Gasteiger partial charge in [-0.1, -0.05) is 19.6 Å². The molecule has 1 aliphatic rings. The van der Waals surface area contributed by atoms with Gasteiger partial charge in [-0.25, -0.2) is 0 Å². The molecule has 0 aliphatic carbocycles. The van der Waals surface area contributed by atoms with Crippen molar-refractivity contribution in [3.05, 3.63) is 12.7 Å². The first-order valence-corrected chi connectivity index (χ1v) is 4.43. The topological polar surface area (TPSA) is 46.5 Å². The van der Waals surface area contributed by atoms with E-state index in [2.05, 4.69) is 6.58 Å². The van der Waals surface area contributed by atoms with Crippen LogP contribution in [0, 0.1) is 11.3 Å². The molecule has 0 amide bonds. The zero-order chi connectivity index (χ0) is 10.2. The average molecular weight is 184 g/mol. The number of esters is 1. The van der Waals surface area contributed by atoms with Gasteiger partial charge in [0.2, 0.25) is 0 Å². The van der Waals surface area contributed by atoms with Crippen LogP contribution in [0.2, 0.25) is 0 Å². The number of aliphatic hydroxyl groups is 1. The van der Waals surface area contributed by atoms with Crippen LogP contribution < -0.4 is 0 Å². The Morgan fingerprint density at radius 1 is 1.62 bits per heavy atom. The third-order valence-corrected chi connectivity index (χ3v) is 2.76. The van der Waals surface area contributed by atoms with E-state index in [0.717, 1.165) is 0 Å². The molecule has 1 aliphatic heterocycles. The molecule has 1 saturated heterocycles. The Morgan fingerprint density at radius 3 is 2.62 bits per heavy atom. The SMILES string of the molecule is C=C[C@@H]1OC(=O)C(C)(C)[C@@H](O)[C@H]1C. The van der Waals surface area contributed by atoms with E-state index < -0.39 is 11.5 Å². The molecule has 0 spiro atoms. The Kier molecular flexibility index (Phi) is 2.48. The lowest BCUT2D eigenvalue weighted by molar-refractivity contribution is -0.186. The number of rotatable bonds is 1. The van der Waals surface area contributed by atoms with Crippen LogP contribution in [0.25, 0.3) is 0 Å². The molecule has 1 rings (SSSR count). The van der Waals surface area contributed by atoms with Gasteiger partial charge in [-0.15, -0.1) is 0 Å². The minimum atomic E-state index is -0.807. The fraction of sp³-hybridized carbons (Fsp3) is 0.700. The predicted molar refractivity (Wildman–Crippen MR) is 49.0 cm³/mol. The highest BCUT2D eigenvalue weighted by atomic mass is 16.5. The summed E-state index contributed by atoms with van der Waals surface area (Å²) in [6.45, 7) is 8.80. The van der Waals surface area contributed by atoms with E-state index in [1.165, 1.54) is 0 Å². The van der Waals surface area contributed by atoms with Crippen molar-refractivity contribution < 1.29 is 14.6 Å². The largest absolute Gasteiger partial charge is 0.457 e. The number of carbonyl (C=O) groups excluding carboxylic acids is 1. The van der Waals surface area contributed by atoms with Gasteiger partial charge in [0.25, 0.3) is 0 Å². The zero-order valence-corrected chi connectivity index (χ0v) is 8.28. The average Bonchev–Trinajstić information content (AvgIpc) is 2.09. The second kappa shape index (κ2) is 3.14. The molecule has 0 radical (unpaired) electrons. The Morgan fingerprint density at radius 2 is 2.15 bits per heavy atom. The first-order valence-electron chi connectivity index (χ1n) is 4.43. The summed E-state index contributed by atoms with van der Waals surface area (Å²) in [5.41, 5.74) is -0.807. The van der Waals surface area contributed by atoms with Crippen LogP contribution in [0.5, 0.6) is 0 Å². The molecular weight excluding hydrogens is 168 g/mol. The highest BCUT2D eigenvalue weighted by Crippen LogP contribution is 2.35.